The fourth-order valence-corrected chi connectivity index (χ4v) is 2.74. The van der Waals surface area contributed by atoms with Crippen LogP contribution in [-0.2, 0) is 0 Å². The van der Waals surface area contributed by atoms with E-state index in [1.807, 2.05) is 12.1 Å². The molecule has 1 fully saturated rings. The van der Waals surface area contributed by atoms with Gasteiger partial charge in [0.2, 0.25) is 0 Å². The van der Waals surface area contributed by atoms with Crippen LogP contribution in [0.3, 0.4) is 0 Å². The van der Waals surface area contributed by atoms with E-state index in [4.69, 9.17) is 5.26 Å². The average Bonchev–Trinajstić information content (AvgIpc) is 2.56. The van der Waals surface area contributed by atoms with Crippen molar-refractivity contribution in [3.05, 3.63) is 53.8 Å². The van der Waals surface area contributed by atoms with Gasteiger partial charge in [0.05, 0.1) is 11.3 Å². The summed E-state index contributed by atoms with van der Waals surface area (Å²) in [6.45, 7) is 3.16. The van der Waals surface area contributed by atoms with Crippen LogP contribution >= 0.6 is 0 Å². The van der Waals surface area contributed by atoms with Crippen molar-refractivity contribution in [2.75, 3.05) is 36.0 Å². The largest absolute Gasteiger partial charge is 0.508 e. The van der Waals surface area contributed by atoms with Crippen LogP contribution in [-0.4, -0.2) is 31.3 Å². The number of phenolic OH excluding ortho intramolecular Hbond substituents is 1. The zero-order valence-corrected chi connectivity index (χ0v) is 12.0. The number of aromatic hydroxyl groups is 1. The van der Waals surface area contributed by atoms with Gasteiger partial charge in [-0.05, 0) is 42.5 Å². The molecular weight excluding hydrogens is 281 g/mol. The zero-order valence-electron chi connectivity index (χ0n) is 12.0. The molecule has 1 aliphatic heterocycles. The molecule has 1 aliphatic rings. The maximum absolute atomic E-state index is 13.2. The van der Waals surface area contributed by atoms with Crippen LogP contribution in [0.2, 0.25) is 0 Å². The Kier molecular flexibility index (Phi) is 3.84. The molecule has 1 saturated heterocycles. The Morgan fingerprint density at radius 1 is 0.955 bits per heavy atom. The molecule has 0 bridgehead atoms. The van der Waals surface area contributed by atoms with Gasteiger partial charge in [-0.3, -0.25) is 0 Å². The van der Waals surface area contributed by atoms with Crippen molar-refractivity contribution in [1.82, 2.24) is 0 Å². The maximum atomic E-state index is 13.2. The molecule has 0 saturated carbocycles. The third-order valence-corrected chi connectivity index (χ3v) is 3.91. The highest BCUT2D eigenvalue weighted by Gasteiger charge is 2.19. The van der Waals surface area contributed by atoms with E-state index >= 15 is 0 Å². The molecule has 0 radical (unpaired) electrons. The van der Waals surface area contributed by atoms with Gasteiger partial charge in [-0.2, -0.15) is 5.26 Å². The number of piperazine rings is 1. The molecule has 2 aromatic rings. The molecule has 0 aliphatic carbocycles. The Balaban J connectivity index is 1.72. The highest BCUT2D eigenvalue weighted by molar-refractivity contribution is 5.60. The number of halogens is 1. The summed E-state index contributed by atoms with van der Waals surface area (Å²) in [4.78, 5) is 4.33. The van der Waals surface area contributed by atoms with Crippen molar-refractivity contribution in [3.63, 3.8) is 0 Å². The van der Waals surface area contributed by atoms with Crippen LogP contribution in [0.5, 0.6) is 5.75 Å². The first-order chi connectivity index (χ1) is 10.7. The van der Waals surface area contributed by atoms with Crippen LogP contribution in [0, 0.1) is 17.1 Å². The lowest BCUT2D eigenvalue weighted by Gasteiger charge is -2.37. The van der Waals surface area contributed by atoms with Gasteiger partial charge in [0.15, 0.2) is 0 Å². The van der Waals surface area contributed by atoms with Gasteiger partial charge in [-0.25, -0.2) is 4.39 Å². The molecule has 4 nitrogen and oxygen atoms in total. The molecule has 0 spiro atoms. The van der Waals surface area contributed by atoms with E-state index in [0.29, 0.717) is 5.56 Å². The Bertz CT molecular complexity index is 701. The molecule has 0 aromatic heterocycles. The first kappa shape index (κ1) is 14.2. The van der Waals surface area contributed by atoms with Gasteiger partial charge in [-0.1, -0.05) is 0 Å². The van der Waals surface area contributed by atoms with Gasteiger partial charge in [0.1, 0.15) is 17.6 Å². The van der Waals surface area contributed by atoms with E-state index in [9.17, 15) is 9.50 Å². The van der Waals surface area contributed by atoms with E-state index in [-0.39, 0.29) is 11.6 Å². The highest BCUT2D eigenvalue weighted by atomic mass is 19.1. The summed E-state index contributed by atoms with van der Waals surface area (Å²) in [6.07, 6.45) is 0. The SMILES string of the molecule is N#Cc1cc(F)ccc1N1CCN(c2ccc(O)cc2)CC1. The number of benzene rings is 2. The summed E-state index contributed by atoms with van der Waals surface area (Å²) in [5.41, 5.74) is 2.23. The van der Waals surface area contributed by atoms with Crippen LogP contribution < -0.4 is 9.80 Å². The monoisotopic (exact) mass is 297 g/mol. The molecule has 112 valence electrons. The number of rotatable bonds is 2. The molecule has 1 heterocycles. The summed E-state index contributed by atoms with van der Waals surface area (Å²) < 4.78 is 13.2. The van der Waals surface area contributed by atoms with Crippen LogP contribution in [0.4, 0.5) is 15.8 Å². The van der Waals surface area contributed by atoms with Crippen LogP contribution in [0.25, 0.3) is 0 Å². The lowest BCUT2D eigenvalue weighted by atomic mass is 10.1. The van der Waals surface area contributed by atoms with E-state index in [1.165, 1.54) is 12.1 Å². The second-order valence-corrected chi connectivity index (χ2v) is 5.26. The summed E-state index contributed by atoms with van der Waals surface area (Å²) in [6, 6.07) is 13.5. The number of nitrogens with zero attached hydrogens (tertiary/aromatic N) is 3. The summed E-state index contributed by atoms with van der Waals surface area (Å²) in [5.74, 6) is -0.129. The first-order valence-electron chi connectivity index (χ1n) is 7.16. The Hall–Kier alpha value is -2.74. The minimum atomic E-state index is -0.386. The average molecular weight is 297 g/mol. The van der Waals surface area contributed by atoms with Crippen molar-refractivity contribution in [1.29, 1.82) is 5.26 Å². The highest BCUT2D eigenvalue weighted by Crippen LogP contribution is 2.25. The van der Waals surface area contributed by atoms with E-state index in [2.05, 4.69) is 15.9 Å². The molecule has 0 unspecified atom stereocenters. The van der Waals surface area contributed by atoms with Gasteiger partial charge in [0, 0.05) is 31.9 Å². The van der Waals surface area contributed by atoms with Gasteiger partial charge in [-0.15, -0.1) is 0 Å². The number of phenols is 1. The van der Waals surface area contributed by atoms with Crippen LogP contribution in [0.1, 0.15) is 5.56 Å². The smallest absolute Gasteiger partial charge is 0.124 e. The quantitative estimate of drug-likeness (QED) is 0.926. The Morgan fingerprint density at radius 2 is 1.59 bits per heavy atom. The molecule has 0 atom stereocenters. The topological polar surface area (TPSA) is 50.5 Å². The van der Waals surface area contributed by atoms with Crippen molar-refractivity contribution >= 4 is 11.4 Å². The molecule has 3 rings (SSSR count). The normalized spacial score (nSPS) is 14.7. The number of hydrogen-bond donors (Lipinski definition) is 1. The van der Waals surface area contributed by atoms with Gasteiger partial charge < -0.3 is 14.9 Å². The van der Waals surface area contributed by atoms with E-state index < -0.39 is 0 Å². The van der Waals surface area contributed by atoms with Gasteiger partial charge >= 0.3 is 0 Å². The first-order valence-corrected chi connectivity index (χ1v) is 7.16. The lowest BCUT2D eigenvalue weighted by Crippen LogP contribution is -2.46. The third kappa shape index (κ3) is 2.82. The number of nitriles is 1. The maximum Gasteiger partial charge on any atom is 0.124 e. The third-order valence-electron chi connectivity index (χ3n) is 3.91. The number of hydrogen-bond acceptors (Lipinski definition) is 4. The van der Waals surface area contributed by atoms with E-state index in [1.54, 1.807) is 18.2 Å². The second kappa shape index (κ2) is 5.94. The lowest BCUT2D eigenvalue weighted by molar-refractivity contribution is 0.475. The zero-order chi connectivity index (χ0) is 15.5. The number of anilines is 2. The standard InChI is InChI=1S/C17H16FN3O/c18-14-1-6-17(13(11-14)12-19)21-9-7-20(8-10-21)15-2-4-16(22)5-3-15/h1-6,11,22H,7-10H2. The van der Waals surface area contributed by atoms with Crippen molar-refractivity contribution in [2.45, 2.75) is 0 Å². The summed E-state index contributed by atoms with van der Waals surface area (Å²) in [7, 11) is 0. The van der Waals surface area contributed by atoms with Crippen molar-refractivity contribution in [2.24, 2.45) is 0 Å². The molecule has 5 heteroatoms. The van der Waals surface area contributed by atoms with Crippen LogP contribution in [0.15, 0.2) is 42.5 Å². The molecule has 0 amide bonds. The minimum absolute atomic E-state index is 0.257. The second-order valence-electron chi connectivity index (χ2n) is 5.26. The molecule has 22 heavy (non-hydrogen) atoms. The van der Waals surface area contributed by atoms with E-state index in [0.717, 1.165) is 37.6 Å². The minimum Gasteiger partial charge on any atom is -0.508 e. The summed E-state index contributed by atoms with van der Waals surface area (Å²) in [5, 5.41) is 18.5. The predicted molar refractivity (Wildman–Crippen MR) is 83.6 cm³/mol. The molecule has 2 aromatic carbocycles. The molecular formula is C17H16FN3O. The fraction of sp³-hybridized carbons (Fsp3) is 0.235. The predicted octanol–water partition coefficient (Wildman–Crippen LogP) is 2.73. The van der Waals surface area contributed by atoms with Crippen molar-refractivity contribution < 1.29 is 9.50 Å². The fourth-order valence-electron chi connectivity index (χ4n) is 2.74. The molecule has 1 N–H and O–H groups in total. The Labute approximate surface area is 128 Å². The Morgan fingerprint density at radius 3 is 2.23 bits per heavy atom. The summed E-state index contributed by atoms with van der Waals surface area (Å²) >= 11 is 0. The van der Waals surface area contributed by atoms with Crippen molar-refractivity contribution in [3.8, 4) is 11.8 Å². The van der Waals surface area contributed by atoms with Gasteiger partial charge in [0.25, 0.3) is 0 Å².